The van der Waals surface area contributed by atoms with Gasteiger partial charge in [0.15, 0.2) is 11.6 Å². The number of rotatable bonds is 5. The smallest absolute Gasteiger partial charge is 0.165 e. The summed E-state index contributed by atoms with van der Waals surface area (Å²) in [6.45, 7) is 2.19. The molecule has 0 aliphatic heterocycles. The molecule has 0 saturated carbocycles. The highest BCUT2D eigenvalue weighted by Crippen LogP contribution is 2.22. The summed E-state index contributed by atoms with van der Waals surface area (Å²) in [4.78, 5) is 5.55. The Balaban J connectivity index is 2.12. The Bertz CT molecular complexity index is 598. The van der Waals surface area contributed by atoms with Crippen LogP contribution in [0.5, 0.6) is 5.75 Å². The van der Waals surface area contributed by atoms with Gasteiger partial charge in [0.05, 0.1) is 10.6 Å². The van der Waals surface area contributed by atoms with Crippen LogP contribution in [0.3, 0.4) is 0 Å². The molecule has 3 nitrogen and oxygen atoms in total. The predicted molar refractivity (Wildman–Crippen MR) is 78.1 cm³/mol. The van der Waals surface area contributed by atoms with E-state index < -0.39 is 0 Å². The zero-order valence-electron chi connectivity index (χ0n) is 10.4. The first-order chi connectivity index (χ1) is 9.11. The lowest BCUT2D eigenvalue weighted by Crippen LogP contribution is -2.09. The Labute approximate surface area is 120 Å². The number of hydrogen-bond acceptors (Lipinski definition) is 4. The molecule has 0 aliphatic rings. The average Bonchev–Trinajstić information content (AvgIpc) is 2.81. The first-order valence-corrected chi connectivity index (χ1v) is 7.00. The fourth-order valence-electron chi connectivity index (χ4n) is 1.60. The van der Waals surface area contributed by atoms with Gasteiger partial charge >= 0.3 is 0 Å². The van der Waals surface area contributed by atoms with Crippen LogP contribution in [0.4, 0.5) is 4.39 Å². The zero-order chi connectivity index (χ0) is 13.8. The van der Waals surface area contributed by atoms with Crippen LogP contribution in [-0.4, -0.2) is 9.97 Å². The summed E-state index contributed by atoms with van der Waals surface area (Å²) < 4.78 is 18.8. The second kappa shape index (κ2) is 6.08. The molecule has 2 N–H and O–H groups in total. The van der Waals surface area contributed by atoms with Gasteiger partial charge in [-0.15, -0.1) is 11.3 Å². The van der Waals surface area contributed by atoms with Crippen molar-refractivity contribution in [2.45, 2.75) is 20.0 Å². The monoisotopic (exact) mass is 296 g/mol. The molecule has 2 rings (SSSR count). The summed E-state index contributed by atoms with van der Waals surface area (Å²) >= 11 is 6.37. The fraction of sp³-hybridized carbons (Fsp3) is 0.231. The quantitative estimate of drug-likeness (QED) is 0.862. The minimum Gasteiger partial charge on any atom is -0.483 e. The minimum absolute atomic E-state index is 0.210. The number of nitrogens with zero attached hydrogens (tertiary/aromatic N) is 1. The lowest BCUT2D eigenvalue weighted by Gasteiger charge is -2.04. The highest BCUT2D eigenvalue weighted by molar-refractivity contribution is 7.81. The van der Waals surface area contributed by atoms with E-state index in [4.69, 9.17) is 22.7 Å². The predicted octanol–water partition coefficient (Wildman–Crippen LogP) is 3.06. The summed E-state index contributed by atoms with van der Waals surface area (Å²) in [7, 11) is 0. The van der Waals surface area contributed by atoms with Crippen molar-refractivity contribution in [1.82, 2.24) is 4.98 Å². The topological polar surface area (TPSA) is 48.1 Å². The van der Waals surface area contributed by atoms with Gasteiger partial charge in [0.2, 0.25) is 0 Å². The highest BCUT2D eigenvalue weighted by atomic mass is 32.1. The van der Waals surface area contributed by atoms with Gasteiger partial charge in [0, 0.05) is 0 Å². The van der Waals surface area contributed by atoms with Gasteiger partial charge in [-0.1, -0.05) is 31.3 Å². The zero-order valence-corrected chi connectivity index (χ0v) is 12.0. The number of nitrogens with two attached hydrogens (primary N) is 1. The Kier molecular flexibility index (Phi) is 4.44. The Morgan fingerprint density at radius 2 is 2.21 bits per heavy atom. The summed E-state index contributed by atoms with van der Waals surface area (Å²) in [6.07, 6.45) is 0.753. The van der Waals surface area contributed by atoms with Crippen LogP contribution in [0, 0.1) is 5.82 Å². The van der Waals surface area contributed by atoms with Crippen molar-refractivity contribution >= 4 is 28.5 Å². The Hall–Kier alpha value is -1.53. The van der Waals surface area contributed by atoms with Crippen LogP contribution in [0.2, 0.25) is 0 Å². The number of thiazole rings is 1. The fourth-order valence-corrected chi connectivity index (χ4v) is 2.76. The van der Waals surface area contributed by atoms with Gasteiger partial charge in [-0.05, 0) is 18.6 Å². The van der Waals surface area contributed by atoms with Crippen LogP contribution in [0.1, 0.15) is 22.5 Å². The van der Waals surface area contributed by atoms with Crippen molar-refractivity contribution in [3.8, 4) is 5.75 Å². The Morgan fingerprint density at radius 1 is 1.47 bits per heavy atom. The standard InChI is InChI=1S/C13H13FN2OS2/c1-2-9-12(13(15)18)19-11(16-9)7-17-10-6-4-3-5-8(10)14/h3-6H,2,7H2,1H3,(H2,15,18). The lowest BCUT2D eigenvalue weighted by atomic mass is 10.3. The molecule has 0 amide bonds. The first kappa shape index (κ1) is 13.9. The SMILES string of the molecule is CCc1nc(COc2ccccc2F)sc1C(N)=S. The number of aryl methyl sites for hydroxylation is 1. The van der Waals surface area contributed by atoms with E-state index in [-0.39, 0.29) is 18.2 Å². The molecule has 0 bridgehead atoms. The molecule has 6 heteroatoms. The summed E-state index contributed by atoms with van der Waals surface area (Å²) in [5.41, 5.74) is 6.50. The second-order valence-corrected chi connectivity index (χ2v) is 5.34. The number of para-hydroxylation sites is 1. The molecule has 1 heterocycles. The van der Waals surface area contributed by atoms with Crippen LogP contribution in [-0.2, 0) is 13.0 Å². The summed E-state index contributed by atoms with van der Waals surface area (Å²) in [6, 6.07) is 6.27. The van der Waals surface area contributed by atoms with Crippen molar-refractivity contribution in [2.24, 2.45) is 5.73 Å². The number of halogens is 1. The first-order valence-electron chi connectivity index (χ1n) is 5.77. The molecule has 1 aromatic heterocycles. The second-order valence-electron chi connectivity index (χ2n) is 3.82. The van der Waals surface area contributed by atoms with Crippen molar-refractivity contribution in [2.75, 3.05) is 0 Å². The van der Waals surface area contributed by atoms with Crippen molar-refractivity contribution < 1.29 is 9.13 Å². The largest absolute Gasteiger partial charge is 0.483 e. The molecule has 0 spiro atoms. The molecule has 100 valence electrons. The van der Waals surface area contributed by atoms with Crippen LogP contribution >= 0.6 is 23.6 Å². The van der Waals surface area contributed by atoms with Crippen LogP contribution in [0.25, 0.3) is 0 Å². The molecule has 2 aromatic rings. The highest BCUT2D eigenvalue weighted by Gasteiger charge is 2.12. The molecular formula is C13H13FN2OS2. The van der Waals surface area contributed by atoms with E-state index in [9.17, 15) is 4.39 Å². The maximum Gasteiger partial charge on any atom is 0.165 e. The van der Waals surface area contributed by atoms with Gasteiger partial charge in [-0.2, -0.15) is 0 Å². The van der Waals surface area contributed by atoms with E-state index in [1.807, 2.05) is 6.92 Å². The van der Waals surface area contributed by atoms with Crippen molar-refractivity contribution in [1.29, 1.82) is 0 Å². The lowest BCUT2D eigenvalue weighted by molar-refractivity contribution is 0.289. The third-order valence-electron chi connectivity index (χ3n) is 2.49. The molecular weight excluding hydrogens is 283 g/mol. The van der Waals surface area contributed by atoms with Gasteiger partial charge in [0.25, 0.3) is 0 Å². The molecule has 19 heavy (non-hydrogen) atoms. The van der Waals surface area contributed by atoms with Crippen molar-refractivity contribution in [3.05, 3.63) is 45.7 Å². The molecule has 0 saturated heterocycles. The van der Waals surface area contributed by atoms with Crippen molar-refractivity contribution in [3.63, 3.8) is 0 Å². The molecule has 0 unspecified atom stereocenters. The van der Waals surface area contributed by atoms with Crippen LogP contribution < -0.4 is 10.5 Å². The summed E-state index contributed by atoms with van der Waals surface area (Å²) in [5, 5.41) is 0.739. The maximum atomic E-state index is 13.4. The van der Waals surface area contributed by atoms with E-state index in [0.29, 0.717) is 4.99 Å². The van der Waals surface area contributed by atoms with Gasteiger partial charge < -0.3 is 10.5 Å². The third kappa shape index (κ3) is 3.27. The molecule has 0 aliphatic carbocycles. The number of hydrogen-bond donors (Lipinski definition) is 1. The Morgan fingerprint density at radius 3 is 2.79 bits per heavy atom. The number of thiocarbonyl (C=S) groups is 1. The van der Waals surface area contributed by atoms with Gasteiger partial charge in [-0.25, -0.2) is 9.37 Å². The third-order valence-corrected chi connectivity index (χ3v) is 3.93. The van der Waals surface area contributed by atoms with E-state index in [2.05, 4.69) is 4.98 Å². The number of aromatic nitrogens is 1. The van der Waals surface area contributed by atoms with Crippen LogP contribution in [0.15, 0.2) is 24.3 Å². The maximum absolute atomic E-state index is 13.4. The average molecular weight is 296 g/mol. The van der Waals surface area contributed by atoms with E-state index in [1.165, 1.54) is 17.4 Å². The molecule has 0 atom stereocenters. The van der Waals surface area contributed by atoms with Gasteiger partial charge in [0.1, 0.15) is 16.6 Å². The van der Waals surface area contributed by atoms with E-state index in [0.717, 1.165) is 22.0 Å². The summed E-state index contributed by atoms with van der Waals surface area (Å²) in [5.74, 6) is -0.169. The van der Waals surface area contributed by atoms with Gasteiger partial charge in [-0.3, -0.25) is 0 Å². The van der Waals surface area contributed by atoms with E-state index in [1.54, 1.807) is 18.2 Å². The molecule has 0 radical (unpaired) electrons. The normalized spacial score (nSPS) is 10.4. The molecule has 0 fully saturated rings. The number of benzene rings is 1. The van der Waals surface area contributed by atoms with E-state index >= 15 is 0 Å². The number of ether oxygens (including phenoxy) is 1. The minimum atomic E-state index is -0.385. The molecule has 1 aromatic carbocycles.